The molecule has 2 amide bonds. The fourth-order valence-electron chi connectivity index (χ4n) is 3.83. The van der Waals surface area contributed by atoms with Crippen molar-refractivity contribution in [2.24, 2.45) is 4.99 Å². The highest BCUT2D eigenvalue weighted by atomic mass is 127. The summed E-state index contributed by atoms with van der Waals surface area (Å²) in [4.78, 5) is 35.3. The van der Waals surface area contributed by atoms with Crippen molar-refractivity contribution < 1.29 is 14.0 Å². The Morgan fingerprint density at radius 2 is 1.80 bits per heavy atom. The number of hydrogen-bond donors (Lipinski definition) is 2. The Hall–Kier alpha value is -1.82. The second-order valence-corrected chi connectivity index (χ2v) is 7.49. The van der Waals surface area contributed by atoms with Crippen LogP contribution in [-0.2, 0) is 16.1 Å². The minimum absolute atomic E-state index is 0. The number of guanidine groups is 1. The lowest BCUT2D eigenvalue weighted by atomic mass is 10.2. The SMILES string of the molecule is CN=C(NCC(=O)NCc1ccco1)N1CCN(C(C)C(=O)N2CCCC2)CC1.I. The van der Waals surface area contributed by atoms with E-state index in [9.17, 15) is 9.59 Å². The van der Waals surface area contributed by atoms with Crippen LogP contribution in [0.5, 0.6) is 0 Å². The van der Waals surface area contributed by atoms with Crippen molar-refractivity contribution in [1.29, 1.82) is 0 Å². The fraction of sp³-hybridized carbons (Fsp3) is 0.650. The number of carbonyl (C=O) groups excluding carboxylic acids is 2. The standard InChI is InChI=1S/C20H32N6O3.HI/c1-16(19(28)25-7-3-4-8-25)24-9-11-26(12-10-24)20(21-2)23-15-18(27)22-14-17-6-5-13-29-17;/h5-6,13,16H,3-4,7-12,14-15H2,1-2H3,(H,21,23)(H,22,27);1H. The summed E-state index contributed by atoms with van der Waals surface area (Å²) in [5.41, 5.74) is 0. The zero-order valence-electron chi connectivity index (χ0n) is 17.8. The van der Waals surface area contributed by atoms with Crippen molar-refractivity contribution in [3.8, 4) is 0 Å². The molecule has 2 aliphatic rings. The number of rotatable bonds is 6. The molecule has 2 N–H and O–H groups in total. The summed E-state index contributed by atoms with van der Waals surface area (Å²) in [6.07, 6.45) is 3.81. The first-order valence-electron chi connectivity index (χ1n) is 10.4. The highest BCUT2D eigenvalue weighted by Gasteiger charge is 2.30. The van der Waals surface area contributed by atoms with Gasteiger partial charge >= 0.3 is 0 Å². The smallest absolute Gasteiger partial charge is 0.239 e. The molecular weight excluding hydrogens is 499 g/mol. The van der Waals surface area contributed by atoms with Crippen molar-refractivity contribution in [3.63, 3.8) is 0 Å². The minimum atomic E-state index is -0.119. The third kappa shape index (κ3) is 6.59. The maximum Gasteiger partial charge on any atom is 0.239 e. The number of furan rings is 1. The molecule has 0 saturated carbocycles. The topological polar surface area (TPSA) is 93.4 Å². The van der Waals surface area contributed by atoms with Crippen LogP contribution in [0, 0.1) is 0 Å². The quantitative estimate of drug-likeness (QED) is 0.319. The monoisotopic (exact) mass is 532 g/mol. The van der Waals surface area contributed by atoms with E-state index in [4.69, 9.17) is 4.42 Å². The Bertz CT molecular complexity index is 697. The van der Waals surface area contributed by atoms with Crippen molar-refractivity contribution in [2.45, 2.75) is 32.4 Å². The first kappa shape index (κ1) is 24.4. The van der Waals surface area contributed by atoms with Gasteiger partial charge in [0, 0.05) is 46.3 Å². The maximum absolute atomic E-state index is 12.6. The highest BCUT2D eigenvalue weighted by Crippen LogP contribution is 2.14. The minimum Gasteiger partial charge on any atom is -0.467 e. The van der Waals surface area contributed by atoms with E-state index in [1.165, 1.54) is 0 Å². The van der Waals surface area contributed by atoms with Gasteiger partial charge in [0.2, 0.25) is 11.8 Å². The average Bonchev–Trinajstić information content (AvgIpc) is 3.46. The molecule has 2 saturated heterocycles. The summed E-state index contributed by atoms with van der Waals surface area (Å²) >= 11 is 0. The summed E-state index contributed by atoms with van der Waals surface area (Å²) in [7, 11) is 1.72. The Kier molecular flexibility index (Phi) is 9.89. The van der Waals surface area contributed by atoms with Crippen LogP contribution in [0.4, 0.5) is 0 Å². The van der Waals surface area contributed by atoms with Gasteiger partial charge in [-0.25, -0.2) is 0 Å². The Morgan fingerprint density at radius 1 is 1.10 bits per heavy atom. The van der Waals surface area contributed by atoms with Crippen molar-refractivity contribution in [3.05, 3.63) is 24.2 Å². The molecule has 168 valence electrons. The van der Waals surface area contributed by atoms with Gasteiger partial charge in [-0.05, 0) is 31.9 Å². The van der Waals surface area contributed by atoms with Crippen molar-refractivity contribution in [1.82, 2.24) is 25.3 Å². The predicted octanol–water partition coefficient (Wildman–Crippen LogP) is 0.718. The van der Waals surface area contributed by atoms with Crippen LogP contribution in [0.2, 0.25) is 0 Å². The second kappa shape index (κ2) is 12.1. The number of amides is 2. The van der Waals surface area contributed by atoms with Crippen LogP contribution < -0.4 is 10.6 Å². The Morgan fingerprint density at radius 3 is 2.40 bits per heavy atom. The normalized spacial score (nSPS) is 18.7. The number of hydrogen-bond acceptors (Lipinski definition) is 5. The van der Waals surface area contributed by atoms with Crippen LogP contribution >= 0.6 is 24.0 Å². The van der Waals surface area contributed by atoms with Gasteiger partial charge in [-0.15, -0.1) is 24.0 Å². The molecule has 1 aromatic heterocycles. The zero-order valence-corrected chi connectivity index (χ0v) is 20.1. The molecule has 10 heteroatoms. The molecule has 1 aromatic rings. The van der Waals surface area contributed by atoms with Crippen LogP contribution in [0.25, 0.3) is 0 Å². The van der Waals surface area contributed by atoms with Crippen molar-refractivity contribution >= 4 is 41.8 Å². The molecule has 1 unspecified atom stereocenters. The van der Waals surface area contributed by atoms with Crippen LogP contribution in [0.15, 0.2) is 27.8 Å². The molecule has 3 heterocycles. The summed E-state index contributed by atoms with van der Waals surface area (Å²) in [6, 6.07) is 3.53. The number of likely N-dealkylation sites (tertiary alicyclic amines) is 1. The van der Waals surface area contributed by atoms with Crippen molar-refractivity contribution in [2.75, 3.05) is 52.9 Å². The van der Waals surface area contributed by atoms with Crippen LogP contribution in [0.3, 0.4) is 0 Å². The van der Waals surface area contributed by atoms with Gasteiger partial charge in [0.25, 0.3) is 0 Å². The zero-order chi connectivity index (χ0) is 20.6. The van der Waals surface area contributed by atoms with E-state index < -0.39 is 0 Å². The molecule has 1 atom stereocenters. The van der Waals surface area contributed by atoms with Crippen LogP contribution in [0.1, 0.15) is 25.5 Å². The summed E-state index contributed by atoms with van der Waals surface area (Å²) in [6.45, 7) is 7.44. The fourth-order valence-corrected chi connectivity index (χ4v) is 3.83. The molecule has 0 bridgehead atoms. The van der Waals surface area contributed by atoms with Gasteiger partial charge in [0.15, 0.2) is 5.96 Å². The van der Waals surface area contributed by atoms with E-state index in [1.807, 2.05) is 17.9 Å². The average molecular weight is 532 g/mol. The lowest BCUT2D eigenvalue weighted by molar-refractivity contribution is -0.135. The maximum atomic E-state index is 12.6. The predicted molar refractivity (Wildman–Crippen MR) is 126 cm³/mol. The molecule has 2 fully saturated rings. The number of nitrogens with zero attached hydrogens (tertiary/aromatic N) is 4. The molecule has 0 aliphatic carbocycles. The summed E-state index contributed by atoms with van der Waals surface area (Å²) in [5, 5.41) is 5.93. The molecule has 9 nitrogen and oxygen atoms in total. The first-order valence-corrected chi connectivity index (χ1v) is 10.4. The molecule has 30 heavy (non-hydrogen) atoms. The number of aliphatic imine (C=N–C) groups is 1. The number of piperazine rings is 1. The lowest BCUT2D eigenvalue weighted by Gasteiger charge is -2.39. The second-order valence-electron chi connectivity index (χ2n) is 7.49. The Balaban J connectivity index is 0.00000320. The summed E-state index contributed by atoms with van der Waals surface area (Å²) in [5.74, 6) is 1.55. The molecule has 0 spiro atoms. The van der Waals surface area contributed by atoms with E-state index >= 15 is 0 Å². The van der Waals surface area contributed by atoms with Gasteiger partial charge in [0.1, 0.15) is 5.76 Å². The molecule has 0 radical (unpaired) electrons. The van der Waals surface area contributed by atoms with Crippen LogP contribution in [-0.4, -0.2) is 91.4 Å². The van der Waals surface area contributed by atoms with E-state index in [0.29, 0.717) is 12.5 Å². The van der Waals surface area contributed by atoms with E-state index in [0.717, 1.165) is 57.9 Å². The molecule has 3 rings (SSSR count). The lowest BCUT2D eigenvalue weighted by Crippen LogP contribution is -2.57. The third-order valence-corrected chi connectivity index (χ3v) is 5.60. The van der Waals surface area contributed by atoms with Gasteiger partial charge in [0.05, 0.1) is 25.4 Å². The molecule has 2 aliphatic heterocycles. The first-order chi connectivity index (χ1) is 14.1. The molecule has 0 aromatic carbocycles. The largest absolute Gasteiger partial charge is 0.467 e. The van der Waals surface area contributed by atoms with Gasteiger partial charge in [-0.2, -0.15) is 0 Å². The van der Waals surface area contributed by atoms with Gasteiger partial charge in [-0.3, -0.25) is 19.5 Å². The number of nitrogens with one attached hydrogen (secondary N) is 2. The van der Waals surface area contributed by atoms with Gasteiger partial charge in [-0.1, -0.05) is 0 Å². The number of halogens is 1. The third-order valence-electron chi connectivity index (χ3n) is 5.60. The molecular formula is C20H33IN6O3. The highest BCUT2D eigenvalue weighted by molar-refractivity contribution is 14.0. The van der Waals surface area contributed by atoms with E-state index in [-0.39, 0.29) is 48.4 Å². The van der Waals surface area contributed by atoms with E-state index in [1.54, 1.807) is 19.4 Å². The summed E-state index contributed by atoms with van der Waals surface area (Å²) < 4.78 is 5.21. The van der Waals surface area contributed by atoms with E-state index in [2.05, 4.69) is 25.4 Å². The van der Waals surface area contributed by atoms with Gasteiger partial charge < -0.3 is 24.9 Å². The Labute approximate surface area is 195 Å². The number of carbonyl (C=O) groups is 2.